The summed E-state index contributed by atoms with van der Waals surface area (Å²) in [7, 11) is 0. The highest BCUT2D eigenvalue weighted by molar-refractivity contribution is 5.13. The first kappa shape index (κ1) is 9.79. The van der Waals surface area contributed by atoms with Gasteiger partial charge in [-0.1, -0.05) is 36.9 Å². The molecule has 0 spiro atoms. The van der Waals surface area contributed by atoms with Gasteiger partial charge in [-0.15, -0.1) is 5.73 Å². The van der Waals surface area contributed by atoms with Crippen molar-refractivity contribution in [3.63, 3.8) is 0 Å². The largest absolute Gasteiger partial charge is 0.376 e. The van der Waals surface area contributed by atoms with Gasteiger partial charge in [-0.2, -0.15) is 0 Å². The third-order valence-corrected chi connectivity index (χ3v) is 1.66. The van der Waals surface area contributed by atoms with Crippen LogP contribution in [0.15, 0.2) is 48.7 Å². The molecule has 0 amide bonds. The van der Waals surface area contributed by atoms with E-state index in [1.807, 2.05) is 24.3 Å². The lowest BCUT2D eigenvalue weighted by atomic mass is 10.2. The monoisotopic (exact) mass is 174 g/mol. The quantitative estimate of drug-likeness (QED) is 0.492. The second kappa shape index (κ2) is 6.24. The topological polar surface area (TPSA) is 9.23 Å². The summed E-state index contributed by atoms with van der Waals surface area (Å²) in [4.78, 5) is 0. The molecule has 1 rings (SSSR count). The SMILES string of the molecule is C=C=CCCOCc1ccccc1. The van der Waals surface area contributed by atoms with Gasteiger partial charge in [-0.25, -0.2) is 0 Å². The number of hydrogen-bond donors (Lipinski definition) is 0. The minimum Gasteiger partial charge on any atom is -0.376 e. The van der Waals surface area contributed by atoms with Crippen LogP contribution in [0.5, 0.6) is 0 Å². The van der Waals surface area contributed by atoms with Gasteiger partial charge in [0.05, 0.1) is 13.2 Å². The van der Waals surface area contributed by atoms with Gasteiger partial charge in [-0.3, -0.25) is 0 Å². The normalized spacial score (nSPS) is 9.23. The average Bonchev–Trinajstić information content (AvgIpc) is 2.19. The predicted molar refractivity (Wildman–Crippen MR) is 54.4 cm³/mol. The van der Waals surface area contributed by atoms with Crippen LogP contribution >= 0.6 is 0 Å². The predicted octanol–water partition coefficient (Wildman–Crippen LogP) is 2.93. The van der Waals surface area contributed by atoms with Gasteiger partial charge in [0.2, 0.25) is 0 Å². The minimum absolute atomic E-state index is 0.686. The van der Waals surface area contributed by atoms with E-state index in [0.717, 1.165) is 13.0 Å². The van der Waals surface area contributed by atoms with Crippen LogP contribution in [0.4, 0.5) is 0 Å². The molecule has 0 unspecified atom stereocenters. The Morgan fingerprint density at radius 3 is 2.77 bits per heavy atom. The molecule has 1 nitrogen and oxygen atoms in total. The van der Waals surface area contributed by atoms with Crippen molar-refractivity contribution >= 4 is 0 Å². The standard InChI is InChI=1S/C12H14O/c1-2-3-7-10-13-11-12-8-5-4-6-9-12/h3-6,8-9H,1,7,10-11H2. The number of benzene rings is 1. The van der Waals surface area contributed by atoms with Gasteiger partial charge in [0.25, 0.3) is 0 Å². The van der Waals surface area contributed by atoms with Crippen LogP contribution in [0, 0.1) is 0 Å². The first-order valence-electron chi connectivity index (χ1n) is 4.39. The van der Waals surface area contributed by atoms with Crippen LogP contribution in [-0.2, 0) is 11.3 Å². The molecule has 0 fully saturated rings. The summed E-state index contributed by atoms with van der Waals surface area (Å²) in [6, 6.07) is 10.2. The Labute approximate surface area is 79.4 Å². The van der Waals surface area contributed by atoms with E-state index >= 15 is 0 Å². The van der Waals surface area contributed by atoms with E-state index in [9.17, 15) is 0 Å². The van der Waals surface area contributed by atoms with Crippen molar-refractivity contribution in [1.82, 2.24) is 0 Å². The molecule has 0 radical (unpaired) electrons. The molecule has 0 aliphatic heterocycles. The summed E-state index contributed by atoms with van der Waals surface area (Å²) in [6.45, 7) is 4.90. The number of ether oxygens (including phenoxy) is 1. The molecule has 0 bridgehead atoms. The lowest BCUT2D eigenvalue weighted by Gasteiger charge is -2.01. The van der Waals surface area contributed by atoms with E-state index < -0.39 is 0 Å². The molecular formula is C12H14O. The van der Waals surface area contributed by atoms with Crippen molar-refractivity contribution in [1.29, 1.82) is 0 Å². The molecule has 68 valence electrons. The van der Waals surface area contributed by atoms with Crippen LogP contribution in [-0.4, -0.2) is 6.61 Å². The van der Waals surface area contributed by atoms with Crippen molar-refractivity contribution < 1.29 is 4.74 Å². The maximum Gasteiger partial charge on any atom is 0.0717 e. The van der Waals surface area contributed by atoms with E-state index in [2.05, 4.69) is 24.4 Å². The van der Waals surface area contributed by atoms with Crippen molar-refractivity contribution in [3.8, 4) is 0 Å². The van der Waals surface area contributed by atoms with Gasteiger partial charge >= 0.3 is 0 Å². The Morgan fingerprint density at radius 1 is 1.31 bits per heavy atom. The molecule has 0 heterocycles. The first-order valence-corrected chi connectivity index (χ1v) is 4.39. The lowest BCUT2D eigenvalue weighted by Crippen LogP contribution is -1.93. The van der Waals surface area contributed by atoms with Crippen molar-refractivity contribution in [2.45, 2.75) is 13.0 Å². The Morgan fingerprint density at radius 2 is 2.08 bits per heavy atom. The van der Waals surface area contributed by atoms with Crippen LogP contribution in [0.1, 0.15) is 12.0 Å². The Balaban J connectivity index is 2.17. The van der Waals surface area contributed by atoms with Crippen LogP contribution in [0.2, 0.25) is 0 Å². The van der Waals surface area contributed by atoms with Gasteiger partial charge in [0, 0.05) is 0 Å². The molecule has 0 saturated carbocycles. The Kier molecular flexibility index (Phi) is 4.70. The smallest absolute Gasteiger partial charge is 0.0717 e. The third-order valence-electron chi connectivity index (χ3n) is 1.66. The first-order chi connectivity index (χ1) is 6.43. The number of rotatable bonds is 5. The summed E-state index contributed by atoms with van der Waals surface area (Å²) in [6.07, 6.45) is 2.77. The van der Waals surface area contributed by atoms with Crippen LogP contribution < -0.4 is 0 Å². The fourth-order valence-corrected chi connectivity index (χ4v) is 1.01. The molecule has 0 atom stereocenters. The molecule has 1 aromatic carbocycles. The highest BCUT2D eigenvalue weighted by Crippen LogP contribution is 2.00. The zero-order chi connectivity index (χ0) is 9.36. The fourth-order valence-electron chi connectivity index (χ4n) is 1.01. The van der Waals surface area contributed by atoms with Crippen molar-refractivity contribution in [3.05, 3.63) is 54.3 Å². The summed E-state index contributed by atoms with van der Waals surface area (Å²) in [5, 5.41) is 0. The molecule has 0 aliphatic carbocycles. The summed E-state index contributed by atoms with van der Waals surface area (Å²) >= 11 is 0. The molecule has 0 aliphatic rings. The van der Waals surface area contributed by atoms with Crippen molar-refractivity contribution in [2.24, 2.45) is 0 Å². The van der Waals surface area contributed by atoms with Crippen LogP contribution in [0.3, 0.4) is 0 Å². The van der Waals surface area contributed by atoms with Gasteiger partial charge in [0.15, 0.2) is 0 Å². The second-order valence-corrected chi connectivity index (χ2v) is 2.74. The van der Waals surface area contributed by atoms with Gasteiger partial charge < -0.3 is 4.74 Å². The molecule has 1 heteroatoms. The summed E-state index contributed by atoms with van der Waals surface area (Å²) in [5.41, 5.74) is 3.92. The number of hydrogen-bond acceptors (Lipinski definition) is 1. The van der Waals surface area contributed by atoms with E-state index in [1.54, 1.807) is 0 Å². The van der Waals surface area contributed by atoms with Crippen LogP contribution in [0.25, 0.3) is 0 Å². The lowest BCUT2D eigenvalue weighted by molar-refractivity contribution is 0.125. The molecule has 0 N–H and O–H groups in total. The highest BCUT2D eigenvalue weighted by atomic mass is 16.5. The van der Waals surface area contributed by atoms with E-state index in [1.165, 1.54) is 5.56 Å². The zero-order valence-corrected chi connectivity index (χ0v) is 7.70. The Hall–Kier alpha value is -1.30. The van der Waals surface area contributed by atoms with E-state index in [-0.39, 0.29) is 0 Å². The maximum absolute atomic E-state index is 5.42. The average molecular weight is 174 g/mol. The summed E-state index contributed by atoms with van der Waals surface area (Å²) < 4.78 is 5.42. The molecule has 0 aromatic heterocycles. The Bertz CT molecular complexity index is 270. The van der Waals surface area contributed by atoms with E-state index in [4.69, 9.17) is 4.74 Å². The minimum atomic E-state index is 0.686. The van der Waals surface area contributed by atoms with Crippen molar-refractivity contribution in [2.75, 3.05) is 6.61 Å². The fraction of sp³-hybridized carbons (Fsp3) is 0.250. The molecule has 0 saturated heterocycles. The van der Waals surface area contributed by atoms with Gasteiger partial charge in [-0.05, 0) is 18.1 Å². The maximum atomic E-state index is 5.42. The third kappa shape index (κ3) is 4.32. The zero-order valence-electron chi connectivity index (χ0n) is 7.70. The molecular weight excluding hydrogens is 160 g/mol. The highest BCUT2D eigenvalue weighted by Gasteiger charge is 1.89. The molecule has 13 heavy (non-hydrogen) atoms. The summed E-state index contributed by atoms with van der Waals surface area (Å²) in [5.74, 6) is 0. The van der Waals surface area contributed by atoms with E-state index in [0.29, 0.717) is 6.61 Å². The second-order valence-electron chi connectivity index (χ2n) is 2.74. The molecule has 1 aromatic rings. The van der Waals surface area contributed by atoms with Gasteiger partial charge in [0.1, 0.15) is 0 Å².